The first-order chi connectivity index (χ1) is 11.9. The third kappa shape index (κ3) is 4.09. The molecule has 9 heteroatoms. The number of aryl methyl sites for hydroxylation is 2. The van der Waals surface area contributed by atoms with Gasteiger partial charge in [-0.2, -0.15) is 4.98 Å². The van der Waals surface area contributed by atoms with E-state index >= 15 is 0 Å². The van der Waals surface area contributed by atoms with Crippen molar-refractivity contribution in [3.8, 4) is 10.7 Å². The average molecular weight is 398 g/mol. The van der Waals surface area contributed by atoms with Crippen LogP contribution in [0, 0.1) is 6.92 Å². The molecule has 0 bridgehead atoms. The smallest absolute Gasteiger partial charge is 0.241 e. The number of nitrogens with one attached hydrogen (secondary N) is 1. The van der Waals surface area contributed by atoms with Gasteiger partial charge < -0.3 is 4.52 Å². The van der Waals surface area contributed by atoms with Crippen LogP contribution in [0.2, 0.25) is 5.02 Å². The monoisotopic (exact) mass is 397 g/mol. The number of benzene rings is 1. The van der Waals surface area contributed by atoms with Crippen LogP contribution >= 0.6 is 22.9 Å². The van der Waals surface area contributed by atoms with E-state index in [1.807, 2.05) is 6.92 Å². The molecule has 0 saturated carbocycles. The van der Waals surface area contributed by atoms with Gasteiger partial charge in [0.2, 0.25) is 21.7 Å². The van der Waals surface area contributed by atoms with Crippen LogP contribution in [0.1, 0.15) is 23.3 Å². The van der Waals surface area contributed by atoms with Gasteiger partial charge in [0.1, 0.15) is 0 Å². The number of thiophene rings is 1. The van der Waals surface area contributed by atoms with E-state index in [0.717, 1.165) is 5.56 Å². The Labute approximate surface area is 154 Å². The van der Waals surface area contributed by atoms with E-state index in [-0.39, 0.29) is 11.4 Å². The fourth-order valence-electron chi connectivity index (χ4n) is 2.20. The zero-order valence-corrected chi connectivity index (χ0v) is 16.0. The Kier molecular flexibility index (Phi) is 5.24. The number of nitrogens with zero attached hydrogens (tertiary/aromatic N) is 2. The molecule has 0 radical (unpaired) electrons. The minimum atomic E-state index is -3.64. The highest BCUT2D eigenvalue weighted by atomic mass is 35.5. The van der Waals surface area contributed by atoms with Crippen molar-refractivity contribution in [3.05, 3.63) is 51.7 Å². The maximum absolute atomic E-state index is 12.6. The summed E-state index contributed by atoms with van der Waals surface area (Å²) in [6.07, 6.45) is 0.630. The van der Waals surface area contributed by atoms with Crippen molar-refractivity contribution in [3.63, 3.8) is 0 Å². The van der Waals surface area contributed by atoms with E-state index in [0.29, 0.717) is 32.9 Å². The highest BCUT2D eigenvalue weighted by Crippen LogP contribution is 2.32. The van der Waals surface area contributed by atoms with E-state index < -0.39 is 10.0 Å². The Morgan fingerprint density at radius 3 is 2.64 bits per heavy atom. The van der Waals surface area contributed by atoms with Crippen molar-refractivity contribution >= 4 is 33.0 Å². The minimum Gasteiger partial charge on any atom is -0.339 e. The van der Waals surface area contributed by atoms with E-state index in [4.69, 9.17) is 16.1 Å². The van der Waals surface area contributed by atoms with Gasteiger partial charge >= 0.3 is 0 Å². The molecule has 1 aromatic carbocycles. The Balaban J connectivity index is 1.81. The standard InChI is InChI=1S/C16H16ClN3O3S2/c1-3-15-19-16(20-23-15)13-8-14(10(2)24-13)25(21,22)18-9-11-4-6-12(17)7-5-11/h4-8,18H,3,9H2,1-2H3. The molecule has 0 aliphatic heterocycles. The maximum atomic E-state index is 12.6. The lowest BCUT2D eigenvalue weighted by Crippen LogP contribution is -2.23. The number of hydrogen-bond donors (Lipinski definition) is 1. The largest absolute Gasteiger partial charge is 0.339 e. The van der Waals surface area contributed by atoms with Gasteiger partial charge in [-0.15, -0.1) is 11.3 Å². The van der Waals surface area contributed by atoms with Crippen LogP contribution in [0.3, 0.4) is 0 Å². The second-order valence-corrected chi connectivity index (χ2v) is 8.78. The van der Waals surface area contributed by atoms with Crippen LogP contribution in [0.25, 0.3) is 10.7 Å². The predicted molar refractivity (Wildman–Crippen MR) is 97.2 cm³/mol. The van der Waals surface area contributed by atoms with Crippen molar-refractivity contribution in [2.45, 2.75) is 31.7 Å². The van der Waals surface area contributed by atoms with Crippen LogP contribution < -0.4 is 4.72 Å². The Bertz CT molecular complexity index is 978. The molecule has 6 nitrogen and oxygen atoms in total. The Morgan fingerprint density at radius 2 is 2.00 bits per heavy atom. The lowest BCUT2D eigenvalue weighted by Gasteiger charge is -2.06. The fourth-order valence-corrected chi connectivity index (χ4v) is 4.86. The quantitative estimate of drug-likeness (QED) is 0.683. The molecule has 0 spiro atoms. The number of halogens is 1. The maximum Gasteiger partial charge on any atom is 0.241 e. The molecule has 3 aromatic rings. The highest BCUT2D eigenvalue weighted by Gasteiger charge is 2.22. The molecule has 0 aliphatic rings. The molecule has 2 aromatic heterocycles. The summed E-state index contributed by atoms with van der Waals surface area (Å²) in [5, 5.41) is 4.50. The minimum absolute atomic E-state index is 0.187. The topological polar surface area (TPSA) is 85.1 Å². The van der Waals surface area contributed by atoms with E-state index in [1.54, 1.807) is 37.3 Å². The van der Waals surface area contributed by atoms with Crippen LogP contribution in [0.4, 0.5) is 0 Å². The van der Waals surface area contributed by atoms with Gasteiger partial charge in [-0.3, -0.25) is 0 Å². The molecular weight excluding hydrogens is 382 g/mol. The van der Waals surface area contributed by atoms with Crippen LogP contribution in [-0.4, -0.2) is 18.6 Å². The molecule has 1 N–H and O–H groups in total. The lowest BCUT2D eigenvalue weighted by molar-refractivity contribution is 0.383. The van der Waals surface area contributed by atoms with Crippen LogP contribution in [-0.2, 0) is 23.0 Å². The van der Waals surface area contributed by atoms with Crippen molar-refractivity contribution in [1.82, 2.24) is 14.9 Å². The molecular formula is C16H16ClN3O3S2. The van der Waals surface area contributed by atoms with Crippen LogP contribution in [0.15, 0.2) is 39.8 Å². The summed E-state index contributed by atoms with van der Waals surface area (Å²) < 4.78 is 32.9. The summed E-state index contributed by atoms with van der Waals surface area (Å²) in [7, 11) is -3.64. The van der Waals surface area contributed by atoms with Gasteiger partial charge in [-0.05, 0) is 30.7 Å². The van der Waals surface area contributed by atoms with E-state index in [2.05, 4.69) is 14.9 Å². The lowest BCUT2D eigenvalue weighted by atomic mass is 10.2. The van der Waals surface area contributed by atoms with Crippen molar-refractivity contribution in [2.24, 2.45) is 0 Å². The molecule has 3 rings (SSSR count). The molecule has 0 amide bonds. The third-order valence-corrected chi connectivity index (χ3v) is 6.49. The van der Waals surface area contributed by atoms with Gasteiger partial charge in [0, 0.05) is 22.9 Å². The second-order valence-electron chi connectivity index (χ2n) is 5.35. The highest BCUT2D eigenvalue weighted by molar-refractivity contribution is 7.89. The zero-order chi connectivity index (χ0) is 18.0. The molecule has 132 valence electrons. The summed E-state index contributed by atoms with van der Waals surface area (Å²) >= 11 is 7.15. The number of sulfonamides is 1. The summed E-state index contributed by atoms with van der Waals surface area (Å²) in [5.41, 5.74) is 0.826. The molecule has 0 unspecified atom stereocenters. The number of rotatable bonds is 6. The molecule has 2 heterocycles. The number of hydrogen-bond acceptors (Lipinski definition) is 6. The summed E-state index contributed by atoms with van der Waals surface area (Å²) in [6.45, 7) is 3.85. The van der Waals surface area contributed by atoms with Gasteiger partial charge in [0.25, 0.3) is 0 Å². The molecule has 0 saturated heterocycles. The number of aromatic nitrogens is 2. The Hall–Kier alpha value is -1.74. The van der Waals surface area contributed by atoms with E-state index in [9.17, 15) is 8.42 Å². The first-order valence-electron chi connectivity index (χ1n) is 7.56. The van der Waals surface area contributed by atoms with Gasteiger partial charge in [0.05, 0.1) is 9.77 Å². The fraction of sp³-hybridized carbons (Fsp3) is 0.250. The SMILES string of the molecule is CCc1nc(-c2cc(S(=O)(=O)NCc3ccc(Cl)cc3)c(C)s2)no1. The van der Waals surface area contributed by atoms with Gasteiger partial charge in [-0.25, -0.2) is 13.1 Å². The first kappa shape index (κ1) is 18.1. The van der Waals surface area contributed by atoms with Gasteiger partial charge in [-0.1, -0.05) is 35.8 Å². The first-order valence-corrected chi connectivity index (χ1v) is 10.2. The molecule has 25 heavy (non-hydrogen) atoms. The summed E-state index contributed by atoms with van der Waals surface area (Å²) in [6, 6.07) is 8.58. The Morgan fingerprint density at radius 1 is 1.28 bits per heavy atom. The molecule has 0 fully saturated rings. The second kappa shape index (κ2) is 7.25. The molecule has 0 atom stereocenters. The van der Waals surface area contributed by atoms with Crippen LogP contribution in [0.5, 0.6) is 0 Å². The van der Waals surface area contributed by atoms with E-state index in [1.165, 1.54) is 11.3 Å². The van der Waals surface area contributed by atoms with Crippen molar-refractivity contribution in [2.75, 3.05) is 0 Å². The third-order valence-electron chi connectivity index (χ3n) is 3.53. The predicted octanol–water partition coefficient (Wildman–Crippen LogP) is 3.80. The normalized spacial score (nSPS) is 11.8. The van der Waals surface area contributed by atoms with Crippen molar-refractivity contribution in [1.29, 1.82) is 0 Å². The van der Waals surface area contributed by atoms with Crippen molar-refractivity contribution < 1.29 is 12.9 Å². The zero-order valence-electron chi connectivity index (χ0n) is 13.6. The summed E-state index contributed by atoms with van der Waals surface area (Å²) in [4.78, 5) is 5.80. The summed E-state index contributed by atoms with van der Waals surface area (Å²) in [5.74, 6) is 0.926. The average Bonchev–Trinajstić information content (AvgIpc) is 3.21. The molecule has 0 aliphatic carbocycles. The van der Waals surface area contributed by atoms with Gasteiger partial charge in [0.15, 0.2) is 0 Å².